The van der Waals surface area contributed by atoms with Crippen LogP contribution in [-0.4, -0.2) is 28.2 Å². The number of nitrogens with zero attached hydrogens (tertiary/aromatic N) is 1. The summed E-state index contributed by atoms with van der Waals surface area (Å²) in [5.41, 5.74) is 2.37. The third-order valence-corrected chi connectivity index (χ3v) is 5.91. The van der Waals surface area contributed by atoms with Gasteiger partial charge < -0.3 is 4.90 Å². The van der Waals surface area contributed by atoms with Crippen molar-refractivity contribution >= 4 is 34.1 Å². The fourth-order valence-corrected chi connectivity index (χ4v) is 4.22. The minimum absolute atomic E-state index is 0.125. The van der Waals surface area contributed by atoms with Crippen LogP contribution in [0.25, 0.3) is 10.4 Å². The molecule has 0 bridgehead atoms. The number of carbonyl (C=O) groups excluding carboxylic acids is 2. The smallest absolute Gasteiger partial charge is 0.223 e. The predicted octanol–water partition coefficient (Wildman–Crippen LogP) is 4.04. The Morgan fingerprint density at radius 1 is 1.30 bits per heavy atom. The SMILES string of the molecule is CC(=O)SCC1CC(=O)N(Cc2ccc(-c3cccs3)cc2)C1. The zero-order chi connectivity index (χ0) is 16.2. The number of benzene rings is 1. The van der Waals surface area contributed by atoms with Crippen LogP contribution < -0.4 is 0 Å². The topological polar surface area (TPSA) is 37.4 Å². The lowest BCUT2D eigenvalue weighted by molar-refractivity contribution is -0.128. The molecule has 5 heteroatoms. The first-order valence-electron chi connectivity index (χ1n) is 7.66. The van der Waals surface area contributed by atoms with Gasteiger partial charge in [0.25, 0.3) is 0 Å². The molecule has 1 amide bonds. The summed E-state index contributed by atoms with van der Waals surface area (Å²) in [4.78, 5) is 26.3. The Morgan fingerprint density at radius 3 is 2.74 bits per heavy atom. The molecule has 1 fully saturated rings. The Bertz CT molecular complexity index is 680. The highest BCUT2D eigenvalue weighted by atomic mass is 32.2. The van der Waals surface area contributed by atoms with Crippen LogP contribution in [0.1, 0.15) is 18.9 Å². The summed E-state index contributed by atoms with van der Waals surface area (Å²) in [6.45, 7) is 2.99. The van der Waals surface area contributed by atoms with E-state index in [0.717, 1.165) is 17.9 Å². The number of carbonyl (C=O) groups is 2. The van der Waals surface area contributed by atoms with E-state index in [1.54, 1.807) is 18.3 Å². The maximum absolute atomic E-state index is 12.1. The fraction of sp³-hybridized carbons (Fsp3) is 0.333. The number of hydrogen-bond acceptors (Lipinski definition) is 4. The van der Waals surface area contributed by atoms with Gasteiger partial charge in [-0.25, -0.2) is 0 Å². The molecule has 3 rings (SSSR count). The first-order valence-corrected chi connectivity index (χ1v) is 9.52. The molecule has 0 radical (unpaired) electrons. The predicted molar refractivity (Wildman–Crippen MR) is 96.4 cm³/mol. The molecular weight excluding hydrogens is 326 g/mol. The molecule has 1 atom stereocenters. The quantitative estimate of drug-likeness (QED) is 0.820. The summed E-state index contributed by atoms with van der Waals surface area (Å²) in [6, 6.07) is 12.6. The van der Waals surface area contributed by atoms with Crippen molar-refractivity contribution in [3.8, 4) is 10.4 Å². The average molecular weight is 345 g/mol. The first kappa shape index (κ1) is 16.3. The van der Waals surface area contributed by atoms with Gasteiger partial charge in [-0.3, -0.25) is 9.59 Å². The number of hydrogen-bond donors (Lipinski definition) is 0. The molecule has 0 N–H and O–H groups in total. The largest absolute Gasteiger partial charge is 0.338 e. The van der Waals surface area contributed by atoms with Crippen molar-refractivity contribution in [1.29, 1.82) is 0 Å². The molecule has 1 unspecified atom stereocenters. The van der Waals surface area contributed by atoms with E-state index in [9.17, 15) is 9.59 Å². The average Bonchev–Trinajstić information content (AvgIpc) is 3.17. The van der Waals surface area contributed by atoms with Gasteiger partial charge in [0.1, 0.15) is 0 Å². The van der Waals surface area contributed by atoms with Crippen LogP contribution in [0.2, 0.25) is 0 Å². The van der Waals surface area contributed by atoms with Crippen LogP contribution in [0.3, 0.4) is 0 Å². The highest BCUT2D eigenvalue weighted by molar-refractivity contribution is 8.13. The fourth-order valence-electron chi connectivity index (χ4n) is 2.79. The van der Waals surface area contributed by atoms with E-state index >= 15 is 0 Å². The Labute approximate surface area is 144 Å². The Morgan fingerprint density at radius 2 is 2.09 bits per heavy atom. The number of rotatable bonds is 5. The van der Waals surface area contributed by atoms with Crippen molar-refractivity contribution in [1.82, 2.24) is 4.90 Å². The van der Waals surface area contributed by atoms with E-state index in [0.29, 0.717) is 18.9 Å². The molecule has 1 saturated heterocycles. The molecule has 0 spiro atoms. The summed E-state index contributed by atoms with van der Waals surface area (Å²) < 4.78 is 0. The van der Waals surface area contributed by atoms with Crippen molar-refractivity contribution in [3.05, 3.63) is 47.3 Å². The third-order valence-electron chi connectivity index (χ3n) is 3.95. The standard InChI is InChI=1S/C18H19NO2S2/c1-13(20)23-12-15-9-18(21)19(11-15)10-14-4-6-16(7-5-14)17-3-2-8-22-17/h2-8,15H,9-12H2,1H3. The van der Waals surface area contributed by atoms with Crippen LogP contribution in [-0.2, 0) is 16.1 Å². The van der Waals surface area contributed by atoms with Crippen LogP contribution in [0.4, 0.5) is 0 Å². The van der Waals surface area contributed by atoms with Crippen LogP contribution >= 0.6 is 23.1 Å². The van der Waals surface area contributed by atoms with Crippen molar-refractivity contribution in [2.24, 2.45) is 5.92 Å². The van der Waals surface area contributed by atoms with Gasteiger partial charge in [-0.15, -0.1) is 11.3 Å². The Hall–Kier alpha value is -1.59. The minimum atomic E-state index is 0.125. The minimum Gasteiger partial charge on any atom is -0.338 e. The summed E-state index contributed by atoms with van der Waals surface area (Å²) in [5.74, 6) is 1.23. The highest BCUT2D eigenvalue weighted by Crippen LogP contribution is 2.27. The second-order valence-electron chi connectivity index (χ2n) is 5.82. The summed E-state index contributed by atoms with van der Waals surface area (Å²) in [7, 11) is 0. The summed E-state index contributed by atoms with van der Waals surface area (Å²) >= 11 is 3.05. The van der Waals surface area contributed by atoms with Gasteiger partial charge in [-0.05, 0) is 28.5 Å². The first-order chi connectivity index (χ1) is 11.1. The van der Waals surface area contributed by atoms with Gasteiger partial charge in [-0.1, -0.05) is 42.1 Å². The molecule has 0 saturated carbocycles. The number of amides is 1. The molecule has 1 aromatic heterocycles. The monoisotopic (exact) mass is 345 g/mol. The van der Waals surface area contributed by atoms with Gasteiger partial charge in [-0.2, -0.15) is 0 Å². The zero-order valence-corrected chi connectivity index (χ0v) is 14.7. The lowest BCUT2D eigenvalue weighted by atomic mass is 10.1. The second-order valence-corrected chi connectivity index (χ2v) is 7.97. The van der Waals surface area contributed by atoms with Crippen LogP contribution in [0, 0.1) is 5.92 Å². The number of thioether (sulfide) groups is 1. The van der Waals surface area contributed by atoms with Crippen molar-refractivity contribution in [2.75, 3.05) is 12.3 Å². The van der Waals surface area contributed by atoms with E-state index < -0.39 is 0 Å². The van der Waals surface area contributed by atoms with E-state index in [2.05, 4.69) is 41.8 Å². The Balaban J connectivity index is 1.59. The molecule has 0 aliphatic carbocycles. The van der Waals surface area contributed by atoms with Gasteiger partial charge in [0.05, 0.1) is 0 Å². The van der Waals surface area contributed by atoms with Crippen LogP contribution in [0.5, 0.6) is 0 Å². The highest BCUT2D eigenvalue weighted by Gasteiger charge is 2.29. The molecule has 120 valence electrons. The molecule has 1 aliphatic rings. The Kier molecular flexibility index (Phi) is 5.18. The number of thiophene rings is 1. The molecule has 1 aromatic carbocycles. The molecule has 2 aromatic rings. The zero-order valence-electron chi connectivity index (χ0n) is 13.0. The molecular formula is C18H19NO2S2. The third kappa shape index (κ3) is 4.24. The molecule has 1 aliphatic heterocycles. The van der Waals surface area contributed by atoms with Crippen molar-refractivity contribution in [2.45, 2.75) is 19.9 Å². The molecule has 23 heavy (non-hydrogen) atoms. The van der Waals surface area contributed by atoms with E-state index in [4.69, 9.17) is 0 Å². The van der Waals surface area contributed by atoms with E-state index in [1.807, 2.05) is 4.90 Å². The second kappa shape index (κ2) is 7.32. The molecule has 2 heterocycles. The van der Waals surface area contributed by atoms with Gasteiger partial charge in [0.2, 0.25) is 5.91 Å². The maximum atomic E-state index is 12.1. The number of likely N-dealkylation sites (tertiary alicyclic amines) is 1. The van der Waals surface area contributed by atoms with Gasteiger partial charge in [0.15, 0.2) is 5.12 Å². The molecule has 3 nitrogen and oxygen atoms in total. The summed E-state index contributed by atoms with van der Waals surface area (Å²) in [5, 5.41) is 2.20. The normalized spacial score (nSPS) is 17.7. The summed E-state index contributed by atoms with van der Waals surface area (Å²) in [6.07, 6.45) is 0.563. The lowest BCUT2D eigenvalue weighted by Crippen LogP contribution is -2.24. The van der Waals surface area contributed by atoms with Gasteiger partial charge in [0, 0.05) is 37.1 Å². The van der Waals surface area contributed by atoms with E-state index in [-0.39, 0.29) is 11.0 Å². The van der Waals surface area contributed by atoms with Crippen LogP contribution in [0.15, 0.2) is 41.8 Å². The van der Waals surface area contributed by atoms with E-state index in [1.165, 1.54) is 22.2 Å². The van der Waals surface area contributed by atoms with Crippen molar-refractivity contribution < 1.29 is 9.59 Å². The van der Waals surface area contributed by atoms with Gasteiger partial charge >= 0.3 is 0 Å². The lowest BCUT2D eigenvalue weighted by Gasteiger charge is -2.16. The van der Waals surface area contributed by atoms with Crippen molar-refractivity contribution in [3.63, 3.8) is 0 Å². The maximum Gasteiger partial charge on any atom is 0.223 e.